The molecule has 0 spiro atoms. The number of hydrogen-bond acceptors (Lipinski definition) is 2. The average Bonchev–Trinajstić information content (AvgIpc) is 2.97. The molecule has 24 heavy (non-hydrogen) atoms. The number of aromatic amines is 1. The van der Waals surface area contributed by atoms with Crippen molar-refractivity contribution in [2.75, 3.05) is 18.5 Å². The van der Waals surface area contributed by atoms with E-state index >= 15 is 0 Å². The van der Waals surface area contributed by atoms with Crippen LogP contribution in [0.25, 0.3) is 11.2 Å². The van der Waals surface area contributed by atoms with E-state index in [0.29, 0.717) is 0 Å². The Kier molecular flexibility index (Phi) is 8.16. The number of H-pyrrole nitrogens is 1. The van der Waals surface area contributed by atoms with Crippen LogP contribution in [0.5, 0.6) is 0 Å². The quantitative estimate of drug-likeness (QED) is 0.434. The second-order valence-electron chi connectivity index (χ2n) is 7.19. The molecule has 0 saturated carbocycles. The summed E-state index contributed by atoms with van der Waals surface area (Å²) in [6, 6.07) is 2.07. The molecule has 0 amide bonds. The second kappa shape index (κ2) is 9.87. The Morgan fingerprint density at radius 3 is 2.12 bits per heavy atom. The van der Waals surface area contributed by atoms with Crippen LogP contribution >= 0.6 is 23.2 Å². The van der Waals surface area contributed by atoms with Crippen LogP contribution in [0.2, 0.25) is 0 Å². The first-order chi connectivity index (χ1) is 11.6. The van der Waals surface area contributed by atoms with Gasteiger partial charge in [-0.1, -0.05) is 0 Å². The maximum atomic E-state index is 4.87. The first-order valence-electron chi connectivity index (χ1n) is 9.62. The van der Waals surface area contributed by atoms with E-state index in [2.05, 4.69) is 52.7 Å². The number of aromatic nitrogens is 3. The van der Waals surface area contributed by atoms with Gasteiger partial charge in [0.25, 0.3) is 0 Å². The van der Waals surface area contributed by atoms with Crippen molar-refractivity contribution in [3.8, 4) is 0 Å². The molecular weight excluding hydrogens is 381 g/mol. The Balaban J connectivity index is 2.24. The number of nitrogens with one attached hydrogen (secondary N) is 1. The number of unbranched alkanes of at least 4 members (excludes halogenated alkanes) is 3. The molecule has 1 N–H and O–H groups in total. The van der Waals surface area contributed by atoms with Gasteiger partial charge in [0.2, 0.25) is 0 Å². The normalized spacial score (nSPS) is 12.8. The van der Waals surface area contributed by atoms with Crippen LogP contribution in [0.4, 0.5) is 0 Å². The summed E-state index contributed by atoms with van der Waals surface area (Å²) in [4.78, 5) is 12.8. The van der Waals surface area contributed by atoms with Gasteiger partial charge in [0.05, 0.1) is 0 Å². The van der Waals surface area contributed by atoms with E-state index in [1.54, 1.807) is 0 Å². The fourth-order valence-electron chi connectivity index (χ4n) is 3.65. The number of imidazole rings is 1. The summed E-state index contributed by atoms with van der Waals surface area (Å²) in [5.74, 6) is 1.17. The predicted octanol–water partition coefficient (Wildman–Crippen LogP) is 6.37. The Morgan fingerprint density at radius 2 is 1.58 bits per heavy atom. The second-order valence-corrected chi connectivity index (χ2v) is 13.0. The number of pyridine rings is 1. The van der Waals surface area contributed by atoms with Gasteiger partial charge in [-0.05, 0) is 0 Å². The van der Waals surface area contributed by atoms with E-state index in [0.717, 1.165) is 15.6 Å². The summed E-state index contributed by atoms with van der Waals surface area (Å²) in [5, 5.41) is 0. The molecule has 136 valence electrons. The van der Waals surface area contributed by atoms with E-state index in [1.165, 1.54) is 69.0 Å². The number of hydrogen-bond donors (Lipinski definition) is 1. The topological polar surface area (TPSA) is 41.6 Å². The number of nitrogens with zero attached hydrogens (tertiary/aromatic N) is 2. The van der Waals surface area contributed by atoms with Crippen molar-refractivity contribution in [2.24, 2.45) is 0 Å². The molecular formula is C19H33BrN3P. The van der Waals surface area contributed by atoms with Crippen molar-refractivity contribution in [1.29, 1.82) is 0 Å². The molecule has 5 heteroatoms. The molecule has 0 aliphatic rings. The molecule has 2 aromatic rings. The summed E-state index contributed by atoms with van der Waals surface area (Å²) in [7, 11) is -1.31. The fraction of sp³-hybridized carbons (Fsp3) is 0.684. The third kappa shape index (κ3) is 5.52. The summed E-state index contributed by atoms with van der Waals surface area (Å²) >= 11 is 3.50. The van der Waals surface area contributed by atoms with Crippen LogP contribution in [0, 0.1) is 0 Å². The van der Waals surface area contributed by atoms with Gasteiger partial charge >= 0.3 is 156 Å². The van der Waals surface area contributed by atoms with Crippen LogP contribution in [-0.4, -0.2) is 33.4 Å². The van der Waals surface area contributed by atoms with E-state index < -0.39 is 7.26 Å². The summed E-state index contributed by atoms with van der Waals surface area (Å²) < 4.78 is 1.000. The van der Waals surface area contributed by atoms with Gasteiger partial charge in [-0.2, -0.15) is 0 Å². The Bertz CT molecular complexity index is 604. The summed E-state index contributed by atoms with van der Waals surface area (Å²) in [5.41, 5.74) is 1.92. The van der Waals surface area contributed by atoms with E-state index in [1.807, 2.05) is 6.20 Å². The molecule has 0 aromatic carbocycles. The predicted molar refractivity (Wildman–Crippen MR) is 113 cm³/mol. The van der Waals surface area contributed by atoms with Crippen LogP contribution in [0.3, 0.4) is 0 Å². The van der Waals surface area contributed by atoms with E-state index in [9.17, 15) is 0 Å². The minimum absolute atomic E-state index is 0.928. The summed E-state index contributed by atoms with van der Waals surface area (Å²) in [6.45, 7) is 6.96. The third-order valence-corrected chi connectivity index (χ3v) is 10.8. The summed E-state index contributed by atoms with van der Waals surface area (Å²) in [6.07, 6.45) is 15.5. The van der Waals surface area contributed by atoms with Gasteiger partial charge in [0.1, 0.15) is 0 Å². The minimum atomic E-state index is -1.31. The Morgan fingerprint density at radius 1 is 1.00 bits per heavy atom. The maximum absolute atomic E-state index is 4.87. The zero-order valence-electron chi connectivity index (χ0n) is 15.5. The molecule has 0 atom stereocenters. The van der Waals surface area contributed by atoms with Crippen molar-refractivity contribution < 1.29 is 0 Å². The fourth-order valence-corrected chi connectivity index (χ4v) is 9.44. The number of halogens is 1. The zero-order chi connectivity index (χ0) is 17.4. The molecule has 0 aliphatic carbocycles. The molecule has 2 aromatic heterocycles. The Hall–Kier alpha value is -0.470. The van der Waals surface area contributed by atoms with Gasteiger partial charge in [-0.15, -0.1) is 0 Å². The van der Waals surface area contributed by atoms with Crippen LogP contribution < -0.4 is 0 Å². The molecule has 0 radical (unpaired) electrons. The monoisotopic (exact) mass is 413 g/mol. The van der Waals surface area contributed by atoms with Crippen molar-refractivity contribution in [1.82, 2.24) is 15.0 Å². The van der Waals surface area contributed by atoms with E-state index in [-0.39, 0.29) is 0 Å². The number of rotatable bonds is 11. The van der Waals surface area contributed by atoms with Gasteiger partial charge < -0.3 is 0 Å². The molecule has 2 rings (SSSR count). The first kappa shape index (κ1) is 19.8. The zero-order valence-corrected chi connectivity index (χ0v) is 18.1. The molecule has 2 heterocycles. The number of fused-ring (bicyclic) bond motifs is 1. The molecule has 3 nitrogen and oxygen atoms in total. The first-order valence-corrected chi connectivity index (χ1v) is 13.2. The van der Waals surface area contributed by atoms with Crippen molar-refractivity contribution >= 4 is 34.4 Å². The molecule has 0 unspecified atom stereocenters. The van der Waals surface area contributed by atoms with Crippen LogP contribution in [-0.2, 0) is 6.16 Å². The van der Waals surface area contributed by atoms with Gasteiger partial charge in [0, 0.05) is 0 Å². The van der Waals surface area contributed by atoms with Crippen LogP contribution in [0.1, 0.15) is 65.1 Å². The van der Waals surface area contributed by atoms with Gasteiger partial charge in [-0.3, -0.25) is 0 Å². The molecule has 0 bridgehead atoms. The van der Waals surface area contributed by atoms with Crippen molar-refractivity contribution in [2.45, 2.75) is 65.5 Å². The molecule has 0 fully saturated rings. The van der Waals surface area contributed by atoms with Crippen molar-refractivity contribution in [3.05, 3.63) is 22.6 Å². The SMILES string of the molecule is CCCC[PH](CCCC)(CCCC)Cc1nc2cc(Br)cnc2[nH]1. The average molecular weight is 414 g/mol. The van der Waals surface area contributed by atoms with Gasteiger partial charge in [-0.25, -0.2) is 0 Å². The third-order valence-electron chi connectivity index (χ3n) is 5.08. The van der Waals surface area contributed by atoms with Crippen molar-refractivity contribution in [3.63, 3.8) is 0 Å². The van der Waals surface area contributed by atoms with Crippen LogP contribution in [0.15, 0.2) is 16.7 Å². The molecule has 0 aliphatic heterocycles. The molecule has 0 saturated heterocycles. The standard InChI is InChI=1S/C19H33BrN3P/c1-4-7-10-24(11-8-5-2,12-9-6-3)15-18-22-17-13-16(20)14-21-19(17)23-18/h13-14,24H,4-12,15H2,1-3H3,(H,21,22,23). The Labute approximate surface area is 155 Å². The van der Waals surface area contributed by atoms with E-state index in [4.69, 9.17) is 4.98 Å². The van der Waals surface area contributed by atoms with Gasteiger partial charge in [0.15, 0.2) is 0 Å².